The second-order valence-electron chi connectivity index (χ2n) is 13.4. The Morgan fingerprint density at radius 2 is 1.51 bits per heavy atom. The number of hydrogen-bond donors (Lipinski definition) is 3. The van der Waals surface area contributed by atoms with Gasteiger partial charge in [-0.1, -0.05) is 93.1 Å². The molecule has 0 aliphatic carbocycles. The minimum absolute atomic E-state index is 0.101. The number of para-hydroxylation sites is 1. The number of phenols is 1. The fourth-order valence-corrected chi connectivity index (χ4v) is 5.64. The quantitative estimate of drug-likeness (QED) is 0.144. The molecule has 0 bridgehead atoms. The molecule has 2 unspecified atom stereocenters. The van der Waals surface area contributed by atoms with E-state index in [0.29, 0.717) is 18.7 Å². The first-order chi connectivity index (χ1) is 22.3. The molecule has 3 rings (SSSR count). The zero-order valence-corrected chi connectivity index (χ0v) is 29.2. The molecule has 8 heteroatoms. The van der Waals surface area contributed by atoms with Crippen molar-refractivity contribution in [1.82, 2.24) is 10.2 Å². The van der Waals surface area contributed by atoms with Crippen molar-refractivity contribution >= 4 is 23.6 Å². The summed E-state index contributed by atoms with van der Waals surface area (Å²) in [5.74, 6) is -0.613. The first-order valence-corrected chi connectivity index (χ1v) is 16.8. The van der Waals surface area contributed by atoms with Crippen molar-refractivity contribution in [3.8, 4) is 5.75 Å². The molecule has 0 aliphatic heterocycles. The number of unbranched alkanes of at least 4 members (excludes halogenated alkanes) is 5. The van der Waals surface area contributed by atoms with Crippen molar-refractivity contribution in [2.45, 2.75) is 111 Å². The van der Waals surface area contributed by atoms with Gasteiger partial charge in [-0.05, 0) is 88.4 Å². The Bertz CT molecular complexity index is 1480. The van der Waals surface area contributed by atoms with Crippen molar-refractivity contribution < 1.29 is 24.2 Å². The molecular weight excluding hydrogens is 590 g/mol. The number of ether oxygens (including phenoxy) is 1. The molecule has 254 valence electrons. The number of aryl methyl sites for hydroxylation is 3. The highest BCUT2D eigenvalue weighted by atomic mass is 16.6. The van der Waals surface area contributed by atoms with Crippen molar-refractivity contribution in [2.75, 3.05) is 11.9 Å². The Morgan fingerprint density at radius 1 is 0.851 bits per heavy atom. The summed E-state index contributed by atoms with van der Waals surface area (Å²) >= 11 is 0. The van der Waals surface area contributed by atoms with Gasteiger partial charge in [-0.25, -0.2) is 4.79 Å². The van der Waals surface area contributed by atoms with Crippen molar-refractivity contribution in [2.24, 2.45) is 0 Å². The summed E-state index contributed by atoms with van der Waals surface area (Å²) in [6.07, 6.45) is 5.47. The van der Waals surface area contributed by atoms with E-state index in [1.54, 1.807) is 49.9 Å². The molecular formula is C39H53N3O5. The highest BCUT2D eigenvalue weighted by Gasteiger charge is 2.37. The number of phenolic OH excluding ortho intramolecular Hbond substituents is 1. The minimum Gasteiger partial charge on any atom is -0.508 e. The largest absolute Gasteiger partial charge is 0.508 e. The number of alkyl carbamates (subject to hydrolysis) is 1. The van der Waals surface area contributed by atoms with Crippen LogP contribution in [0.3, 0.4) is 0 Å². The average molecular weight is 644 g/mol. The van der Waals surface area contributed by atoms with Gasteiger partial charge in [-0.2, -0.15) is 0 Å². The molecule has 2 atom stereocenters. The van der Waals surface area contributed by atoms with Gasteiger partial charge in [0.05, 0.1) is 0 Å². The lowest BCUT2D eigenvalue weighted by molar-refractivity contribution is -0.140. The van der Waals surface area contributed by atoms with Crippen LogP contribution >= 0.6 is 0 Å². The molecule has 0 aliphatic rings. The SMILES string of the molecule is CCCCCCCCN(C(=O)C(Cc1ccc(O)cc1)NC(=O)OC(C)(C)C)C(C(=O)Nc1ccccc1C)c1ccc(C)cc1C. The van der Waals surface area contributed by atoms with E-state index >= 15 is 0 Å². The first kappa shape index (κ1) is 37.1. The highest BCUT2D eigenvalue weighted by molar-refractivity contribution is 5.99. The molecule has 0 fully saturated rings. The molecule has 0 radical (unpaired) electrons. The number of amides is 3. The molecule has 3 aromatic rings. The maximum Gasteiger partial charge on any atom is 0.408 e. The van der Waals surface area contributed by atoms with Crippen LogP contribution in [0.2, 0.25) is 0 Å². The topological polar surface area (TPSA) is 108 Å². The highest BCUT2D eigenvalue weighted by Crippen LogP contribution is 2.29. The normalized spacial score (nSPS) is 12.6. The minimum atomic E-state index is -1.03. The van der Waals surface area contributed by atoms with Crippen LogP contribution < -0.4 is 10.6 Å². The fraction of sp³-hybridized carbons (Fsp3) is 0.462. The number of hydrogen-bond acceptors (Lipinski definition) is 5. The zero-order valence-electron chi connectivity index (χ0n) is 29.2. The molecule has 3 aromatic carbocycles. The summed E-state index contributed by atoms with van der Waals surface area (Å²) in [5.41, 5.74) is 4.22. The standard InChI is InChI=1S/C39H53N3O5/c1-8-9-10-11-12-15-24-42(37(45)34(41-38(46)47-39(5,6)7)26-30-19-21-31(43)22-20-30)35(32-23-18-27(2)25-29(32)4)36(44)40-33-17-14-13-16-28(33)3/h13-14,16-23,25,34-35,43H,8-12,15,24,26H2,1-7H3,(H,40,44)(H,41,46). The Labute approximate surface area is 280 Å². The van der Waals surface area contributed by atoms with E-state index in [4.69, 9.17) is 4.74 Å². The third kappa shape index (κ3) is 11.8. The zero-order chi connectivity index (χ0) is 34.6. The summed E-state index contributed by atoms with van der Waals surface area (Å²) < 4.78 is 5.57. The van der Waals surface area contributed by atoms with E-state index in [9.17, 15) is 19.5 Å². The lowest BCUT2D eigenvalue weighted by atomic mass is 9.95. The number of rotatable bonds is 15. The van der Waals surface area contributed by atoms with Gasteiger partial charge in [-0.15, -0.1) is 0 Å². The van der Waals surface area contributed by atoms with E-state index < -0.39 is 23.8 Å². The van der Waals surface area contributed by atoms with E-state index in [1.807, 2.05) is 63.2 Å². The monoisotopic (exact) mass is 643 g/mol. The lowest BCUT2D eigenvalue weighted by Crippen LogP contribution is -2.53. The van der Waals surface area contributed by atoms with Crippen LogP contribution in [0.25, 0.3) is 0 Å². The summed E-state index contributed by atoms with van der Waals surface area (Å²) in [6.45, 7) is 13.7. The van der Waals surface area contributed by atoms with E-state index in [1.165, 1.54) is 0 Å². The van der Waals surface area contributed by atoms with Gasteiger partial charge >= 0.3 is 6.09 Å². The van der Waals surface area contributed by atoms with Crippen molar-refractivity contribution in [1.29, 1.82) is 0 Å². The van der Waals surface area contributed by atoms with E-state index in [0.717, 1.165) is 59.9 Å². The maximum absolute atomic E-state index is 14.8. The third-order valence-electron chi connectivity index (χ3n) is 8.08. The summed E-state index contributed by atoms with van der Waals surface area (Å²) in [7, 11) is 0. The van der Waals surface area contributed by atoms with Crippen LogP contribution in [0.15, 0.2) is 66.7 Å². The molecule has 0 spiro atoms. The Hall–Kier alpha value is -4.33. The second kappa shape index (κ2) is 17.5. The summed E-state index contributed by atoms with van der Waals surface area (Å²) in [6, 6.07) is 18.0. The van der Waals surface area contributed by atoms with Gasteiger partial charge in [0.1, 0.15) is 23.4 Å². The molecule has 0 saturated heterocycles. The predicted octanol–water partition coefficient (Wildman–Crippen LogP) is 8.32. The van der Waals surface area contributed by atoms with Crippen LogP contribution in [-0.2, 0) is 20.7 Å². The molecule has 8 nitrogen and oxygen atoms in total. The molecule has 0 heterocycles. The number of carbonyl (C=O) groups excluding carboxylic acids is 3. The van der Waals surface area contributed by atoms with Gasteiger partial charge in [0.2, 0.25) is 5.91 Å². The molecule has 3 amide bonds. The second-order valence-corrected chi connectivity index (χ2v) is 13.4. The summed E-state index contributed by atoms with van der Waals surface area (Å²) in [4.78, 5) is 44.0. The third-order valence-corrected chi connectivity index (χ3v) is 8.08. The Kier molecular flexibility index (Phi) is 13.9. The number of benzene rings is 3. The first-order valence-electron chi connectivity index (χ1n) is 16.8. The van der Waals surface area contributed by atoms with Crippen molar-refractivity contribution in [3.05, 3.63) is 94.5 Å². The number of nitrogens with zero attached hydrogens (tertiary/aromatic N) is 1. The average Bonchev–Trinajstić information content (AvgIpc) is 2.99. The van der Waals surface area contributed by atoms with Crippen LogP contribution in [0, 0.1) is 20.8 Å². The van der Waals surface area contributed by atoms with Crippen LogP contribution in [0.1, 0.15) is 100 Å². The van der Waals surface area contributed by atoms with Crippen LogP contribution in [0.4, 0.5) is 10.5 Å². The molecule has 0 saturated carbocycles. The smallest absolute Gasteiger partial charge is 0.408 e. The van der Waals surface area contributed by atoms with Crippen LogP contribution in [-0.4, -0.2) is 46.1 Å². The van der Waals surface area contributed by atoms with Gasteiger partial charge in [0.15, 0.2) is 0 Å². The Balaban J connectivity index is 2.09. The van der Waals surface area contributed by atoms with E-state index in [2.05, 4.69) is 17.6 Å². The van der Waals surface area contributed by atoms with Gasteiger partial charge in [0.25, 0.3) is 5.91 Å². The lowest BCUT2D eigenvalue weighted by Gasteiger charge is -2.35. The van der Waals surface area contributed by atoms with Crippen molar-refractivity contribution in [3.63, 3.8) is 0 Å². The number of anilines is 1. The number of aromatic hydroxyl groups is 1. The van der Waals surface area contributed by atoms with Gasteiger partial charge < -0.3 is 25.4 Å². The Morgan fingerprint density at radius 3 is 2.15 bits per heavy atom. The van der Waals surface area contributed by atoms with Crippen LogP contribution in [0.5, 0.6) is 5.75 Å². The number of nitrogens with one attached hydrogen (secondary N) is 2. The predicted molar refractivity (Wildman–Crippen MR) is 189 cm³/mol. The fourth-order valence-electron chi connectivity index (χ4n) is 5.64. The van der Waals surface area contributed by atoms with E-state index in [-0.39, 0.29) is 24.0 Å². The molecule has 3 N–H and O–H groups in total. The van der Waals surface area contributed by atoms with Gasteiger partial charge in [0, 0.05) is 18.7 Å². The maximum atomic E-state index is 14.8. The van der Waals surface area contributed by atoms with Gasteiger partial charge in [-0.3, -0.25) is 9.59 Å². The molecule has 47 heavy (non-hydrogen) atoms. The number of carbonyl (C=O) groups is 3. The summed E-state index contributed by atoms with van der Waals surface area (Å²) in [5, 5.41) is 15.8. The molecule has 0 aromatic heterocycles.